The smallest absolute Gasteiger partial charge is 0.264 e. The number of rotatable bonds is 6. The fourth-order valence-corrected chi connectivity index (χ4v) is 4.88. The molecule has 160 valence electrons. The standard InChI is InChI=1S/C22H21ClN4O3S/c23-16-6-2-1-5-15(16)20-25-24-19(30-20)13-27(14-9-10-14)21(28)17-7-3-11-26(17)22(29)18-8-4-12-31-18/h1-2,4-6,8,12,14,17H,3,7,9-11,13H2/t17-/m1/s1. The molecule has 0 spiro atoms. The summed E-state index contributed by atoms with van der Waals surface area (Å²) in [4.78, 5) is 30.5. The average molecular weight is 457 g/mol. The molecule has 0 bridgehead atoms. The summed E-state index contributed by atoms with van der Waals surface area (Å²) in [7, 11) is 0. The summed E-state index contributed by atoms with van der Waals surface area (Å²) in [6.07, 6.45) is 3.39. The summed E-state index contributed by atoms with van der Waals surface area (Å²) in [5.41, 5.74) is 0.663. The largest absolute Gasteiger partial charge is 0.419 e. The molecule has 1 atom stereocenters. The highest BCUT2D eigenvalue weighted by Gasteiger charge is 2.42. The normalized spacial score (nSPS) is 18.4. The van der Waals surface area contributed by atoms with Gasteiger partial charge in [-0.1, -0.05) is 29.8 Å². The number of likely N-dealkylation sites (tertiary alicyclic amines) is 1. The fourth-order valence-electron chi connectivity index (χ4n) is 3.98. The molecule has 0 unspecified atom stereocenters. The minimum Gasteiger partial charge on any atom is -0.419 e. The highest BCUT2D eigenvalue weighted by atomic mass is 35.5. The van der Waals surface area contributed by atoms with Crippen molar-refractivity contribution in [3.8, 4) is 11.5 Å². The Balaban J connectivity index is 1.34. The number of hydrogen-bond donors (Lipinski definition) is 0. The van der Waals surface area contributed by atoms with E-state index in [1.807, 2.05) is 29.6 Å². The van der Waals surface area contributed by atoms with E-state index in [9.17, 15) is 9.59 Å². The molecule has 2 amide bonds. The van der Waals surface area contributed by atoms with Gasteiger partial charge >= 0.3 is 0 Å². The van der Waals surface area contributed by atoms with Crippen LogP contribution in [0.15, 0.2) is 46.2 Å². The lowest BCUT2D eigenvalue weighted by molar-refractivity contribution is -0.136. The van der Waals surface area contributed by atoms with E-state index >= 15 is 0 Å². The van der Waals surface area contributed by atoms with Crippen LogP contribution in [0.5, 0.6) is 0 Å². The van der Waals surface area contributed by atoms with E-state index in [0.717, 1.165) is 19.3 Å². The lowest BCUT2D eigenvalue weighted by Crippen LogP contribution is -2.48. The Morgan fingerprint density at radius 1 is 1.16 bits per heavy atom. The van der Waals surface area contributed by atoms with Gasteiger partial charge in [0, 0.05) is 12.6 Å². The Morgan fingerprint density at radius 2 is 2.00 bits per heavy atom. The van der Waals surface area contributed by atoms with E-state index in [0.29, 0.717) is 40.2 Å². The molecule has 5 rings (SSSR count). The number of halogens is 1. The Labute approximate surface area is 188 Å². The van der Waals surface area contributed by atoms with Crippen molar-refractivity contribution in [1.29, 1.82) is 0 Å². The third kappa shape index (κ3) is 4.09. The first-order chi connectivity index (χ1) is 15.1. The van der Waals surface area contributed by atoms with Crippen molar-refractivity contribution in [1.82, 2.24) is 20.0 Å². The van der Waals surface area contributed by atoms with Gasteiger partial charge in [0.2, 0.25) is 17.7 Å². The van der Waals surface area contributed by atoms with Gasteiger partial charge in [-0.15, -0.1) is 21.5 Å². The zero-order valence-electron chi connectivity index (χ0n) is 16.7. The van der Waals surface area contributed by atoms with Gasteiger partial charge in [-0.05, 0) is 49.3 Å². The molecule has 31 heavy (non-hydrogen) atoms. The van der Waals surface area contributed by atoms with Gasteiger partial charge in [-0.3, -0.25) is 9.59 Å². The lowest BCUT2D eigenvalue weighted by Gasteiger charge is -2.29. The van der Waals surface area contributed by atoms with Crippen LogP contribution < -0.4 is 0 Å². The quantitative estimate of drug-likeness (QED) is 0.554. The van der Waals surface area contributed by atoms with Crippen LogP contribution >= 0.6 is 22.9 Å². The van der Waals surface area contributed by atoms with Gasteiger partial charge in [0.05, 0.1) is 22.0 Å². The van der Waals surface area contributed by atoms with Crippen LogP contribution in [0, 0.1) is 0 Å². The summed E-state index contributed by atoms with van der Waals surface area (Å²) < 4.78 is 5.83. The molecule has 1 aromatic carbocycles. The molecular formula is C22H21ClN4O3S. The molecule has 3 aromatic rings. The van der Waals surface area contributed by atoms with Crippen LogP contribution in [0.1, 0.15) is 41.2 Å². The molecule has 9 heteroatoms. The predicted molar refractivity (Wildman–Crippen MR) is 117 cm³/mol. The summed E-state index contributed by atoms with van der Waals surface area (Å²) in [5.74, 6) is 0.589. The van der Waals surface area contributed by atoms with Gasteiger partial charge in [0.15, 0.2) is 0 Å². The number of benzene rings is 1. The summed E-state index contributed by atoms with van der Waals surface area (Å²) in [6.45, 7) is 0.835. The van der Waals surface area contributed by atoms with E-state index in [2.05, 4.69) is 10.2 Å². The van der Waals surface area contributed by atoms with Crippen molar-refractivity contribution in [2.45, 2.75) is 44.3 Å². The fraction of sp³-hybridized carbons (Fsp3) is 0.364. The van der Waals surface area contributed by atoms with Crippen LogP contribution in [0.25, 0.3) is 11.5 Å². The van der Waals surface area contributed by atoms with Crippen LogP contribution in [0.3, 0.4) is 0 Å². The third-order valence-electron chi connectivity index (χ3n) is 5.68. The van der Waals surface area contributed by atoms with Gasteiger partial charge in [-0.2, -0.15) is 0 Å². The van der Waals surface area contributed by atoms with Crippen molar-refractivity contribution in [3.05, 3.63) is 57.6 Å². The van der Waals surface area contributed by atoms with Crippen molar-refractivity contribution < 1.29 is 14.0 Å². The number of thiophene rings is 1. The summed E-state index contributed by atoms with van der Waals surface area (Å²) in [5, 5.41) is 10.7. The Kier molecular flexibility index (Phi) is 5.50. The molecule has 1 saturated carbocycles. The maximum atomic E-state index is 13.5. The maximum absolute atomic E-state index is 13.5. The molecule has 1 saturated heterocycles. The van der Waals surface area contributed by atoms with Gasteiger partial charge < -0.3 is 14.2 Å². The molecule has 2 fully saturated rings. The van der Waals surface area contributed by atoms with Gasteiger partial charge in [0.25, 0.3) is 5.91 Å². The monoisotopic (exact) mass is 456 g/mol. The molecule has 0 N–H and O–H groups in total. The first kappa shape index (κ1) is 20.2. The van der Waals surface area contributed by atoms with E-state index in [-0.39, 0.29) is 24.4 Å². The molecular weight excluding hydrogens is 436 g/mol. The number of carbonyl (C=O) groups excluding carboxylic acids is 2. The first-order valence-electron chi connectivity index (χ1n) is 10.3. The molecule has 2 aromatic heterocycles. The lowest BCUT2D eigenvalue weighted by atomic mass is 10.1. The van der Waals surface area contributed by atoms with Crippen molar-refractivity contribution in [3.63, 3.8) is 0 Å². The molecule has 1 aliphatic carbocycles. The number of carbonyl (C=O) groups is 2. The average Bonchev–Trinajstić information content (AvgIpc) is 3.20. The Bertz CT molecular complexity index is 1100. The predicted octanol–water partition coefficient (Wildman–Crippen LogP) is 4.25. The molecule has 0 radical (unpaired) electrons. The van der Waals surface area contributed by atoms with Gasteiger partial charge in [0.1, 0.15) is 6.04 Å². The van der Waals surface area contributed by atoms with E-state index in [1.165, 1.54) is 11.3 Å². The zero-order chi connectivity index (χ0) is 21.4. The summed E-state index contributed by atoms with van der Waals surface area (Å²) >= 11 is 7.63. The van der Waals surface area contributed by atoms with E-state index < -0.39 is 6.04 Å². The van der Waals surface area contributed by atoms with Crippen molar-refractivity contribution in [2.75, 3.05) is 6.54 Å². The topological polar surface area (TPSA) is 79.5 Å². The SMILES string of the molecule is O=C([C@H]1CCCN1C(=O)c1cccs1)N(Cc1nnc(-c2ccccc2Cl)o1)C1CC1. The van der Waals surface area contributed by atoms with Crippen LogP contribution in [0.4, 0.5) is 0 Å². The number of hydrogen-bond acceptors (Lipinski definition) is 6. The second-order valence-electron chi connectivity index (χ2n) is 7.81. The number of aromatic nitrogens is 2. The van der Waals surface area contributed by atoms with Gasteiger partial charge in [-0.25, -0.2) is 0 Å². The van der Waals surface area contributed by atoms with Crippen LogP contribution in [-0.4, -0.2) is 50.4 Å². The molecule has 2 aliphatic rings. The van der Waals surface area contributed by atoms with Crippen LogP contribution in [0.2, 0.25) is 5.02 Å². The number of amides is 2. The maximum Gasteiger partial charge on any atom is 0.264 e. The minimum atomic E-state index is -0.443. The van der Waals surface area contributed by atoms with Crippen LogP contribution in [-0.2, 0) is 11.3 Å². The Hall–Kier alpha value is -2.71. The summed E-state index contributed by atoms with van der Waals surface area (Å²) in [6, 6.07) is 10.6. The Morgan fingerprint density at radius 3 is 2.74 bits per heavy atom. The van der Waals surface area contributed by atoms with Crippen molar-refractivity contribution >= 4 is 34.8 Å². The second-order valence-corrected chi connectivity index (χ2v) is 9.17. The highest BCUT2D eigenvalue weighted by Crippen LogP contribution is 2.33. The van der Waals surface area contributed by atoms with E-state index in [4.69, 9.17) is 16.0 Å². The molecule has 3 heterocycles. The zero-order valence-corrected chi connectivity index (χ0v) is 18.3. The molecule has 1 aliphatic heterocycles. The first-order valence-corrected chi connectivity index (χ1v) is 11.6. The molecule has 7 nitrogen and oxygen atoms in total. The van der Waals surface area contributed by atoms with Crippen molar-refractivity contribution in [2.24, 2.45) is 0 Å². The minimum absolute atomic E-state index is 0.0394. The third-order valence-corrected chi connectivity index (χ3v) is 6.87. The second kappa shape index (κ2) is 8.43. The van der Waals surface area contributed by atoms with E-state index in [1.54, 1.807) is 21.9 Å². The number of nitrogens with zero attached hydrogens (tertiary/aromatic N) is 4. The highest BCUT2D eigenvalue weighted by molar-refractivity contribution is 7.12.